The summed E-state index contributed by atoms with van der Waals surface area (Å²) in [7, 11) is 0. The fourth-order valence-electron chi connectivity index (χ4n) is 2.82. The van der Waals surface area contributed by atoms with Crippen LogP contribution in [0.1, 0.15) is 17.7 Å². The van der Waals surface area contributed by atoms with Gasteiger partial charge in [-0.05, 0) is 36.8 Å². The SMILES string of the molecule is Cc1ccc(N2CCC(O)(C(=O)NCc3cc(F)cc(F)c3)C2=O)cn1. The molecule has 0 saturated carbocycles. The molecule has 8 heteroatoms. The van der Waals surface area contributed by atoms with Gasteiger partial charge in [0.2, 0.25) is 5.60 Å². The summed E-state index contributed by atoms with van der Waals surface area (Å²) in [5.74, 6) is -3.22. The van der Waals surface area contributed by atoms with E-state index in [1.165, 1.54) is 11.1 Å². The third kappa shape index (κ3) is 3.41. The number of nitrogens with one attached hydrogen (secondary N) is 1. The van der Waals surface area contributed by atoms with Gasteiger partial charge in [0.15, 0.2) is 0 Å². The van der Waals surface area contributed by atoms with E-state index in [0.29, 0.717) is 11.8 Å². The molecule has 1 aliphatic heterocycles. The molecule has 1 saturated heterocycles. The number of hydrogen-bond acceptors (Lipinski definition) is 4. The van der Waals surface area contributed by atoms with Gasteiger partial charge in [-0.3, -0.25) is 14.6 Å². The van der Waals surface area contributed by atoms with E-state index in [2.05, 4.69) is 10.3 Å². The van der Waals surface area contributed by atoms with Crippen molar-refractivity contribution in [2.24, 2.45) is 0 Å². The van der Waals surface area contributed by atoms with Crippen LogP contribution >= 0.6 is 0 Å². The van der Waals surface area contributed by atoms with Crippen LogP contribution in [-0.4, -0.2) is 34.1 Å². The molecule has 136 valence electrons. The summed E-state index contributed by atoms with van der Waals surface area (Å²) in [5, 5.41) is 12.9. The normalized spacial score (nSPS) is 19.7. The first kappa shape index (κ1) is 17.9. The van der Waals surface area contributed by atoms with Crippen LogP contribution in [0.3, 0.4) is 0 Å². The third-order valence-electron chi connectivity index (χ3n) is 4.25. The number of aliphatic hydroxyl groups is 1. The van der Waals surface area contributed by atoms with Crippen molar-refractivity contribution in [1.29, 1.82) is 0 Å². The van der Waals surface area contributed by atoms with Crippen LogP contribution in [0.15, 0.2) is 36.5 Å². The van der Waals surface area contributed by atoms with E-state index in [0.717, 1.165) is 17.8 Å². The summed E-state index contributed by atoms with van der Waals surface area (Å²) in [4.78, 5) is 30.3. The molecule has 1 atom stereocenters. The molecule has 0 bridgehead atoms. The Morgan fingerprint density at radius 2 is 2.00 bits per heavy atom. The van der Waals surface area contributed by atoms with Crippen LogP contribution in [0, 0.1) is 18.6 Å². The topological polar surface area (TPSA) is 82.5 Å². The van der Waals surface area contributed by atoms with Gasteiger partial charge in [-0.1, -0.05) is 0 Å². The molecule has 2 amide bonds. The second-order valence-corrected chi connectivity index (χ2v) is 6.19. The Labute approximate surface area is 148 Å². The second kappa shape index (κ2) is 6.80. The highest BCUT2D eigenvalue weighted by molar-refractivity contribution is 6.16. The molecule has 0 aliphatic carbocycles. The molecule has 0 radical (unpaired) electrons. The molecule has 26 heavy (non-hydrogen) atoms. The lowest BCUT2D eigenvalue weighted by Gasteiger charge is -2.21. The smallest absolute Gasteiger partial charge is 0.268 e. The number of hydrogen-bond donors (Lipinski definition) is 2. The van der Waals surface area contributed by atoms with Gasteiger partial charge in [0.25, 0.3) is 11.8 Å². The largest absolute Gasteiger partial charge is 0.372 e. The van der Waals surface area contributed by atoms with Crippen molar-refractivity contribution in [3.63, 3.8) is 0 Å². The van der Waals surface area contributed by atoms with E-state index in [9.17, 15) is 23.5 Å². The minimum Gasteiger partial charge on any atom is -0.372 e. The highest BCUT2D eigenvalue weighted by Gasteiger charge is 2.51. The predicted octanol–water partition coefficient (Wildman–Crippen LogP) is 1.45. The van der Waals surface area contributed by atoms with Gasteiger partial charge in [0.05, 0.1) is 11.9 Å². The number of aryl methyl sites for hydroxylation is 1. The van der Waals surface area contributed by atoms with E-state index in [-0.39, 0.29) is 25.1 Å². The molecule has 3 rings (SSSR count). The monoisotopic (exact) mass is 361 g/mol. The first-order valence-electron chi connectivity index (χ1n) is 8.00. The van der Waals surface area contributed by atoms with Gasteiger partial charge in [-0.25, -0.2) is 8.78 Å². The molecule has 1 unspecified atom stereocenters. The quantitative estimate of drug-likeness (QED) is 0.808. The van der Waals surface area contributed by atoms with Crippen LogP contribution in [0.5, 0.6) is 0 Å². The van der Waals surface area contributed by atoms with Crippen molar-refractivity contribution in [2.45, 2.75) is 25.5 Å². The molecule has 1 aromatic heterocycles. The number of pyridine rings is 1. The van der Waals surface area contributed by atoms with Gasteiger partial charge in [0.1, 0.15) is 11.6 Å². The number of anilines is 1. The minimum atomic E-state index is -2.23. The van der Waals surface area contributed by atoms with Crippen LogP contribution in [-0.2, 0) is 16.1 Å². The van der Waals surface area contributed by atoms with Gasteiger partial charge in [-0.15, -0.1) is 0 Å². The van der Waals surface area contributed by atoms with Crippen LogP contribution in [0.25, 0.3) is 0 Å². The van der Waals surface area contributed by atoms with Crippen molar-refractivity contribution in [2.75, 3.05) is 11.4 Å². The number of carbonyl (C=O) groups is 2. The first-order valence-corrected chi connectivity index (χ1v) is 8.00. The van der Waals surface area contributed by atoms with Gasteiger partial charge in [0, 0.05) is 31.3 Å². The number of carbonyl (C=O) groups excluding carboxylic acids is 2. The first-order chi connectivity index (χ1) is 12.3. The molecular weight excluding hydrogens is 344 g/mol. The van der Waals surface area contributed by atoms with Crippen molar-refractivity contribution in [1.82, 2.24) is 10.3 Å². The average Bonchev–Trinajstić information content (AvgIpc) is 2.89. The fourth-order valence-corrected chi connectivity index (χ4v) is 2.82. The summed E-state index contributed by atoms with van der Waals surface area (Å²) in [5.41, 5.74) is -0.784. The van der Waals surface area contributed by atoms with E-state index in [1.807, 2.05) is 0 Å². The van der Waals surface area contributed by atoms with E-state index < -0.39 is 29.0 Å². The van der Waals surface area contributed by atoms with Crippen molar-refractivity contribution < 1.29 is 23.5 Å². The van der Waals surface area contributed by atoms with Gasteiger partial charge < -0.3 is 15.3 Å². The van der Waals surface area contributed by atoms with E-state index >= 15 is 0 Å². The zero-order chi connectivity index (χ0) is 18.9. The molecule has 2 heterocycles. The molecule has 6 nitrogen and oxygen atoms in total. The number of rotatable bonds is 4. The van der Waals surface area contributed by atoms with E-state index in [4.69, 9.17) is 0 Å². The Hall–Kier alpha value is -2.87. The standard InChI is InChI=1S/C18H17F2N3O3/c1-11-2-3-15(10-21-11)23-5-4-18(26,17(23)25)16(24)22-9-12-6-13(19)8-14(20)7-12/h2-3,6-8,10,26H,4-5,9H2,1H3,(H,22,24). The summed E-state index contributed by atoms with van der Waals surface area (Å²) < 4.78 is 26.4. The van der Waals surface area contributed by atoms with Crippen LogP contribution in [0.2, 0.25) is 0 Å². The maximum Gasteiger partial charge on any atom is 0.268 e. The number of halogens is 2. The summed E-state index contributed by atoms with van der Waals surface area (Å²) >= 11 is 0. The van der Waals surface area contributed by atoms with Crippen molar-refractivity contribution in [3.05, 3.63) is 59.4 Å². The summed E-state index contributed by atoms with van der Waals surface area (Å²) in [6.45, 7) is 1.74. The summed E-state index contributed by atoms with van der Waals surface area (Å²) in [6, 6.07) is 6.24. The van der Waals surface area contributed by atoms with Crippen LogP contribution < -0.4 is 10.2 Å². The summed E-state index contributed by atoms with van der Waals surface area (Å²) in [6.07, 6.45) is 1.40. The minimum absolute atomic E-state index is 0.0942. The number of amides is 2. The van der Waals surface area contributed by atoms with Crippen molar-refractivity contribution in [3.8, 4) is 0 Å². The van der Waals surface area contributed by atoms with Gasteiger partial charge in [-0.2, -0.15) is 0 Å². The number of benzene rings is 1. The lowest BCUT2D eigenvalue weighted by Crippen LogP contribution is -2.52. The zero-order valence-corrected chi connectivity index (χ0v) is 14.0. The van der Waals surface area contributed by atoms with Gasteiger partial charge >= 0.3 is 0 Å². The molecule has 1 fully saturated rings. The Balaban J connectivity index is 1.70. The maximum absolute atomic E-state index is 13.2. The lowest BCUT2D eigenvalue weighted by atomic mass is 10.0. The van der Waals surface area contributed by atoms with Crippen LogP contribution in [0.4, 0.5) is 14.5 Å². The molecule has 1 aliphatic rings. The Morgan fingerprint density at radius 1 is 1.31 bits per heavy atom. The zero-order valence-electron chi connectivity index (χ0n) is 14.0. The lowest BCUT2D eigenvalue weighted by molar-refractivity contribution is -0.149. The average molecular weight is 361 g/mol. The molecule has 2 N–H and O–H groups in total. The maximum atomic E-state index is 13.2. The molecule has 0 spiro atoms. The Bertz CT molecular complexity index is 837. The molecule has 1 aromatic carbocycles. The third-order valence-corrected chi connectivity index (χ3v) is 4.25. The Kier molecular flexibility index (Phi) is 4.69. The molecular formula is C18H17F2N3O3. The fraction of sp³-hybridized carbons (Fsp3) is 0.278. The highest BCUT2D eigenvalue weighted by atomic mass is 19.1. The number of aromatic nitrogens is 1. The van der Waals surface area contributed by atoms with E-state index in [1.54, 1.807) is 19.1 Å². The number of nitrogens with zero attached hydrogens (tertiary/aromatic N) is 2. The van der Waals surface area contributed by atoms with Crippen molar-refractivity contribution >= 4 is 17.5 Å². The predicted molar refractivity (Wildman–Crippen MR) is 89.1 cm³/mol. The molecule has 2 aromatic rings. The Morgan fingerprint density at radius 3 is 2.62 bits per heavy atom. The second-order valence-electron chi connectivity index (χ2n) is 6.19. The highest BCUT2D eigenvalue weighted by Crippen LogP contribution is 2.28.